The Bertz CT molecular complexity index is 575. The molecule has 0 aliphatic heterocycles. The zero-order valence-corrected chi connectivity index (χ0v) is 20.4. The van der Waals surface area contributed by atoms with Gasteiger partial charge in [-0.15, -0.1) is 0 Å². The molecule has 1 atom stereocenters. The van der Waals surface area contributed by atoms with Gasteiger partial charge in [-0.2, -0.15) is 13.2 Å². The van der Waals surface area contributed by atoms with Crippen LogP contribution in [0.15, 0.2) is 24.3 Å². The van der Waals surface area contributed by atoms with Gasteiger partial charge in [0.15, 0.2) is 0 Å². The lowest BCUT2D eigenvalue weighted by molar-refractivity contribution is -0.380. The second kappa shape index (κ2) is 15.7. The van der Waals surface area contributed by atoms with E-state index in [1.807, 2.05) is 0 Å². The topological polar surface area (TPSA) is 27.7 Å². The van der Waals surface area contributed by atoms with Crippen molar-refractivity contribution in [3.05, 3.63) is 35.4 Å². The average Bonchev–Trinajstić information content (AvgIpc) is 2.79. The second-order valence-corrected chi connectivity index (χ2v) is 8.62. The average molecular weight is 461 g/mol. The lowest BCUT2D eigenvalue weighted by Crippen LogP contribution is -2.44. The van der Waals surface area contributed by atoms with E-state index in [1.54, 1.807) is 33.5 Å². The van der Waals surface area contributed by atoms with Crippen molar-refractivity contribution < 1.29 is 27.4 Å². The molecule has 0 radical (unpaired) electrons. The lowest BCUT2D eigenvalue weighted by atomic mass is 9.91. The number of methoxy groups -OCH3 is 3. The van der Waals surface area contributed by atoms with Crippen LogP contribution >= 0.6 is 0 Å². The Labute approximate surface area is 193 Å². The molecule has 0 amide bonds. The quantitative estimate of drug-likeness (QED) is 0.163. The summed E-state index contributed by atoms with van der Waals surface area (Å²) >= 11 is 0. The van der Waals surface area contributed by atoms with E-state index in [2.05, 4.69) is 6.92 Å². The number of rotatable bonds is 18. The van der Waals surface area contributed by atoms with Gasteiger partial charge in [0, 0.05) is 27.2 Å². The van der Waals surface area contributed by atoms with Crippen molar-refractivity contribution >= 4 is 0 Å². The molecule has 0 saturated heterocycles. The van der Waals surface area contributed by atoms with Crippen molar-refractivity contribution in [3.8, 4) is 0 Å². The van der Waals surface area contributed by atoms with Crippen LogP contribution in [-0.4, -0.2) is 27.3 Å². The van der Waals surface area contributed by atoms with Crippen molar-refractivity contribution in [2.75, 3.05) is 21.3 Å². The molecule has 1 unspecified atom stereocenters. The summed E-state index contributed by atoms with van der Waals surface area (Å²) in [6, 6.07) is 5.51. The van der Waals surface area contributed by atoms with Crippen LogP contribution in [0.25, 0.3) is 0 Å². The molecule has 186 valence electrons. The maximum atomic E-state index is 12.7. The molecule has 0 aliphatic rings. The molecule has 32 heavy (non-hydrogen) atoms. The zero-order valence-electron chi connectivity index (χ0n) is 20.4. The number of hydrogen-bond donors (Lipinski definition) is 0. The van der Waals surface area contributed by atoms with Gasteiger partial charge in [-0.1, -0.05) is 76.8 Å². The number of aryl methyl sites for hydroxylation is 1. The molecule has 0 heterocycles. The van der Waals surface area contributed by atoms with E-state index in [0.29, 0.717) is 0 Å². The molecule has 1 aromatic rings. The molecule has 0 fully saturated rings. The Kier molecular flexibility index (Phi) is 14.2. The van der Waals surface area contributed by atoms with Crippen molar-refractivity contribution in [3.63, 3.8) is 0 Å². The summed E-state index contributed by atoms with van der Waals surface area (Å²) in [7, 11) is 4.89. The summed E-state index contributed by atoms with van der Waals surface area (Å²) < 4.78 is 54.9. The molecular formula is C26H43F3O3. The van der Waals surface area contributed by atoms with Crippen LogP contribution in [0.1, 0.15) is 95.1 Å². The number of hydrogen-bond acceptors (Lipinski definition) is 3. The van der Waals surface area contributed by atoms with Crippen molar-refractivity contribution in [1.82, 2.24) is 0 Å². The Morgan fingerprint density at radius 2 is 1.16 bits per heavy atom. The van der Waals surface area contributed by atoms with E-state index in [1.165, 1.54) is 44.2 Å². The Morgan fingerprint density at radius 1 is 0.688 bits per heavy atom. The third-order valence-electron chi connectivity index (χ3n) is 6.31. The van der Waals surface area contributed by atoms with E-state index in [4.69, 9.17) is 14.2 Å². The highest BCUT2D eigenvalue weighted by molar-refractivity contribution is 5.24. The predicted octanol–water partition coefficient (Wildman–Crippen LogP) is 8.16. The largest absolute Gasteiger partial charge is 0.416 e. The fraction of sp³-hybridized carbons (Fsp3) is 0.769. The Hall–Kier alpha value is -1.11. The van der Waals surface area contributed by atoms with Crippen LogP contribution in [0.2, 0.25) is 0 Å². The minimum atomic E-state index is -4.27. The highest BCUT2D eigenvalue weighted by Crippen LogP contribution is 2.33. The molecule has 0 N–H and O–H groups in total. The number of halogens is 3. The predicted molar refractivity (Wildman–Crippen MR) is 123 cm³/mol. The third-order valence-corrected chi connectivity index (χ3v) is 6.31. The third kappa shape index (κ3) is 10.2. The van der Waals surface area contributed by atoms with Crippen molar-refractivity contribution in [1.29, 1.82) is 0 Å². The summed E-state index contributed by atoms with van der Waals surface area (Å²) in [5.74, 6) is -0.826. The SMILES string of the molecule is CCCCCCCCC(CCCCCCc1ccc(C(F)(F)F)cc1)C(OC)(OC)OC. The van der Waals surface area contributed by atoms with Gasteiger partial charge in [0.2, 0.25) is 0 Å². The van der Waals surface area contributed by atoms with Crippen LogP contribution in [0.3, 0.4) is 0 Å². The normalized spacial score (nSPS) is 13.5. The van der Waals surface area contributed by atoms with Crippen LogP contribution in [-0.2, 0) is 26.8 Å². The fourth-order valence-corrected chi connectivity index (χ4v) is 4.35. The summed E-state index contributed by atoms with van der Waals surface area (Å²) in [6.45, 7) is 2.23. The summed E-state index contributed by atoms with van der Waals surface area (Å²) in [5, 5.41) is 0. The number of benzene rings is 1. The standard InChI is InChI=1S/C26H43F3O3/c1-5-6-7-8-9-13-16-24(26(30-2,31-3)32-4)17-14-11-10-12-15-22-18-20-23(21-19-22)25(27,28)29/h18-21,24H,5-17H2,1-4H3. The van der Waals surface area contributed by atoms with Crippen LogP contribution in [0, 0.1) is 5.92 Å². The van der Waals surface area contributed by atoms with E-state index in [9.17, 15) is 13.2 Å². The summed E-state index contributed by atoms with van der Waals surface area (Å²) in [6.07, 6.45) is 10.1. The van der Waals surface area contributed by atoms with Crippen LogP contribution in [0.5, 0.6) is 0 Å². The highest BCUT2D eigenvalue weighted by atomic mass is 19.4. The first-order chi connectivity index (χ1) is 15.3. The first-order valence-electron chi connectivity index (χ1n) is 12.1. The molecular weight excluding hydrogens is 417 g/mol. The maximum Gasteiger partial charge on any atom is 0.416 e. The highest BCUT2D eigenvalue weighted by Gasteiger charge is 2.39. The number of unbranched alkanes of at least 4 members (excludes halogenated alkanes) is 8. The molecule has 3 nitrogen and oxygen atoms in total. The molecule has 1 aromatic carbocycles. The van der Waals surface area contributed by atoms with Gasteiger partial charge >= 0.3 is 6.18 Å². The minimum absolute atomic E-state index is 0.170. The van der Waals surface area contributed by atoms with Crippen LogP contribution in [0.4, 0.5) is 13.2 Å². The molecule has 0 spiro atoms. The number of alkyl halides is 3. The van der Waals surface area contributed by atoms with Crippen LogP contribution < -0.4 is 0 Å². The van der Waals surface area contributed by atoms with Gasteiger partial charge < -0.3 is 14.2 Å². The van der Waals surface area contributed by atoms with E-state index in [0.717, 1.165) is 56.9 Å². The Morgan fingerprint density at radius 3 is 1.62 bits per heavy atom. The van der Waals surface area contributed by atoms with Crippen molar-refractivity contribution in [2.24, 2.45) is 5.92 Å². The molecule has 6 heteroatoms. The summed E-state index contributed by atoms with van der Waals surface area (Å²) in [4.78, 5) is 0. The van der Waals surface area contributed by atoms with Gasteiger partial charge in [0.1, 0.15) is 0 Å². The fourth-order valence-electron chi connectivity index (χ4n) is 4.35. The lowest BCUT2D eigenvalue weighted by Gasteiger charge is -2.36. The Balaban J connectivity index is 2.40. The molecule has 0 bridgehead atoms. The second-order valence-electron chi connectivity index (χ2n) is 8.62. The van der Waals surface area contributed by atoms with E-state index < -0.39 is 17.7 Å². The molecule has 0 aliphatic carbocycles. The van der Waals surface area contributed by atoms with Gasteiger partial charge in [0.05, 0.1) is 5.56 Å². The monoisotopic (exact) mass is 460 g/mol. The van der Waals surface area contributed by atoms with Crippen molar-refractivity contribution in [2.45, 2.75) is 103 Å². The number of ether oxygens (including phenoxy) is 3. The first kappa shape index (κ1) is 28.9. The minimum Gasteiger partial charge on any atom is -0.331 e. The van der Waals surface area contributed by atoms with Gasteiger partial charge in [-0.25, -0.2) is 0 Å². The van der Waals surface area contributed by atoms with Gasteiger partial charge in [-0.05, 0) is 43.4 Å². The van der Waals surface area contributed by atoms with Gasteiger partial charge in [0.25, 0.3) is 5.97 Å². The zero-order chi connectivity index (χ0) is 23.9. The summed E-state index contributed by atoms with van der Waals surface area (Å²) in [5.41, 5.74) is 0.367. The van der Waals surface area contributed by atoms with E-state index >= 15 is 0 Å². The van der Waals surface area contributed by atoms with E-state index in [-0.39, 0.29) is 5.92 Å². The molecule has 1 rings (SSSR count). The smallest absolute Gasteiger partial charge is 0.331 e. The molecule has 0 saturated carbocycles. The maximum absolute atomic E-state index is 12.7. The molecule has 0 aromatic heterocycles. The van der Waals surface area contributed by atoms with Gasteiger partial charge in [-0.3, -0.25) is 0 Å². The first-order valence-corrected chi connectivity index (χ1v) is 12.1.